The summed E-state index contributed by atoms with van der Waals surface area (Å²) in [4.78, 5) is 11.9. The van der Waals surface area contributed by atoms with Crippen molar-refractivity contribution in [2.45, 2.75) is 57.1 Å². The zero-order valence-corrected chi connectivity index (χ0v) is 10.5. The largest absolute Gasteiger partial charge is 0.391 e. The van der Waals surface area contributed by atoms with Gasteiger partial charge in [0.05, 0.1) is 12.1 Å². The van der Waals surface area contributed by atoms with E-state index in [1.807, 2.05) is 0 Å². The molecule has 0 bridgehead atoms. The number of hydrogen-bond acceptors (Lipinski definition) is 3. The highest BCUT2D eigenvalue weighted by Gasteiger charge is 2.25. The van der Waals surface area contributed by atoms with Gasteiger partial charge in [-0.1, -0.05) is 12.8 Å². The summed E-state index contributed by atoms with van der Waals surface area (Å²) >= 11 is 0. The van der Waals surface area contributed by atoms with Gasteiger partial charge in [0.25, 0.3) is 0 Å². The summed E-state index contributed by atoms with van der Waals surface area (Å²) in [6.07, 6.45) is 6.46. The Morgan fingerprint density at radius 3 is 2.59 bits per heavy atom. The Bertz CT molecular complexity index is 252. The van der Waals surface area contributed by atoms with E-state index in [4.69, 9.17) is 0 Å². The van der Waals surface area contributed by atoms with Gasteiger partial charge in [-0.25, -0.2) is 0 Å². The van der Waals surface area contributed by atoms with E-state index in [9.17, 15) is 9.90 Å². The van der Waals surface area contributed by atoms with Gasteiger partial charge in [-0.15, -0.1) is 0 Å². The number of carbonyl (C=O) groups is 1. The summed E-state index contributed by atoms with van der Waals surface area (Å²) in [6, 6.07) is -0.00188. The van der Waals surface area contributed by atoms with Crippen molar-refractivity contribution in [3.8, 4) is 0 Å². The van der Waals surface area contributed by atoms with Gasteiger partial charge in [0.1, 0.15) is 0 Å². The number of rotatable bonds is 3. The normalized spacial score (nSPS) is 31.1. The zero-order chi connectivity index (χ0) is 12.1. The number of aliphatic hydroxyl groups is 1. The number of carbonyl (C=O) groups excluding carboxylic acids is 1. The van der Waals surface area contributed by atoms with Crippen LogP contribution >= 0.6 is 0 Å². The lowest BCUT2D eigenvalue weighted by Crippen LogP contribution is -2.45. The third kappa shape index (κ3) is 3.96. The minimum Gasteiger partial charge on any atom is -0.391 e. The summed E-state index contributed by atoms with van der Waals surface area (Å²) in [6.45, 7) is 2.06. The Kier molecular flexibility index (Phi) is 4.80. The second-order valence-electron chi connectivity index (χ2n) is 5.42. The zero-order valence-electron chi connectivity index (χ0n) is 10.5. The monoisotopic (exact) mass is 240 g/mol. The first-order chi connectivity index (χ1) is 8.25. The minimum absolute atomic E-state index is 0.00188. The lowest BCUT2D eigenvalue weighted by molar-refractivity contribution is -0.124. The summed E-state index contributed by atoms with van der Waals surface area (Å²) in [7, 11) is 0. The highest BCUT2D eigenvalue weighted by atomic mass is 16.3. The Labute approximate surface area is 103 Å². The highest BCUT2D eigenvalue weighted by molar-refractivity contribution is 5.76. The number of aliphatic hydroxyl groups excluding tert-OH is 1. The second-order valence-corrected chi connectivity index (χ2v) is 5.42. The Balaban J connectivity index is 1.72. The average Bonchev–Trinajstić information content (AvgIpc) is 2.33. The van der Waals surface area contributed by atoms with Crippen LogP contribution in [0.2, 0.25) is 0 Å². The highest BCUT2D eigenvalue weighted by Crippen LogP contribution is 2.20. The number of amides is 1. The molecular formula is C13H24N2O2. The lowest BCUT2D eigenvalue weighted by Gasteiger charge is -2.29. The summed E-state index contributed by atoms with van der Waals surface area (Å²) in [5.41, 5.74) is 0. The van der Waals surface area contributed by atoms with Gasteiger partial charge in [0, 0.05) is 6.42 Å². The van der Waals surface area contributed by atoms with Gasteiger partial charge in [0.15, 0.2) is 0 Å². The van der Waals surface area contributed by atoms with E-state index in [0.717, 1.165) is 51.6 Å². The van der Waals surface area contributed by atoms with Crippen molar-refractivity contribution < 1.29 is 9.90 Å². The first-order valence-corrected chi connectivity index (χ1v) is 6.94. The van der Waals surface area contributed by atoms with E-state index in [2.05, 4.69) is 10.6 Å². The van der Waals surface area contributed by atoms with Gasteiger partial charge in [-0.05, 0) is 44.7 Å². The topological polar surface area (TPSA) is 61.4 Å². The summed E-state index contributed by atoms with van der Waals surface area (Å²) in [5, 5.41) is 16.1. The van der Waals surface area contributed by atoms with Crippen LogP contribution in [0, 0.1) is 5.92 Å². The van der Waals surface area contributed by atoms with Crippen LogP contribution in [-0.4, -0.2) is 36.2 Å². The van der Waals surface area contributed by atoms with Crippen molar-refractivity contribution in [1.82, 2.24) is 10.6 Å². The van der Waals surface area contributed by atoms with Crippen molar-refractivity contribution in [2.24, 2.45) is 5.92 Å². The van der Waals surface area contributed by atoms with E-state index < -0.39 is 0 Å². The summed E-state index contributed by atoms with van der Waals surface area (Å²) in [5.74, 6) is 0.653. The molecule has 0 radical (unpaired) electrons. The first kappa shape index (κ1) is 12.8. The molecule has 17 heavy (non-hydrogen) atoms. The van der Waals surface area contributed by atoms with Crippen LogP contribution in [0.15, 0.2) is 0 Å². The second kappa shape index (κ2) is 6.36. The maximum absolute atomic E-state index is 11.9. The fraction of sp³-hybridized carbons (Fsp3) is 0.923. The summed E-state index contributed by atoms with van der Waals surface area (Å²) < 4.78 is 0. The van der Waals surface area contributed by atoms with Crippen molar-refractivity contribution in [3.63, 3.8) is 0 Å². The van der Waals surface area contributed by atoms with Crippen LogP contribution in [-0.2, 0) is 4.79 Å². The Hall–Kier alpha value is -0.610. The molecule has 2 atom stereocenters. The molecule has 1 aliphatic heterocycles. The third-order valence-corrected chi connectivity index (χ3v) is 4.01. The first-order valence-electron chi connectivity index (χ1n) is 6.94. The number of nitrogens with one attached hydrogen (secondary N) is 2. The third-order valence-electron chi connectivity index (χ3n) is 4.01. The number of hydrogen-bond donors (Lipinski definition) is 3. The quantitative estimate of drug-likeness (QED) is 0.683. The molecule has 2 rings (SSSR count). The predicted molar refractivity (Wildman–Crippen MR) is 66.6 cm³/mol. The maximum atomic E-state index is 11.9. The van der Waals surface area contributed by atoms with E-state index in [1.165, 1.54) is 0 Å². The molecule has 2 fully saturated rings. The van der Waals surface area contributed by atoms with Gasteiger partial charge < -0.3 is 15.7 Å². The molecule has 0 spiro atoms. The lowest BCUT2D eigenvalue weighted by atomic mass is 9.91. The van der Waals surface area contributed by atoms with E-state index in [0.29, 0.717) is 12.3 Å². The van der Waals surface area contributed by atoms with Crippen LogP contribution < -0.4 is 10.6 Å². The fourth-order valence-corrected chi connectivity index (χ4v) is 2.89. The minimum atomic E-state index is -0.333. The SMILES string of the molecule is O=C(CC1CCNCC1)N[C@H]1CCCC[C@@H]1O. The number of piperidine rings is 1. The Morgan fingerprint density at radius 1 is 1.18 bits per heavy atom. The van der Waals surface area contributed by atoms with E-state index in [-0.39, 0.29) is 18.1 Å². The van der Waals surface area contributed by atoms with E-state index in [1.54, 1.807) is 0 Å². The molecule has 0 aromatic rings. The average molecular weight is 240 g/mol. The predicted octanol–water partition coefficient (Wildman–Crippen LogP) is 0.796. The molecule has 3 N–H and O–H groups in total. The molecule has 2 aliphatic rings. The molecule has 0 unspecified atom stereocenters. The van der Waals surface area contributed by atoms with Crippen LogP contribution in [0.1, 0.15) is 44.9 Å². The van der Waals surface area contributed by atoms with Crippen molar-refractivity contribution in [3.05, 3.63) is 0 Å². The van der Waals surface area contributed by atoms with Crippen LogP contribution in [0.5, 0.6) is 0 Å². The molecule has 4 nitrogen and oxygen atoms in total. The van der Waals surface area contributed by atoms with Gasteiger partial charge in [0.2, 0.25) is 5.91 Å². The smallest absolute Gasteiger partial charge is 0.220 e. The van der Waals surface area contributed by atoms with E-state index >= 15 is 0 Å². The molecule has 1 amide bonds. The van der Waals surface area contributed by atoms with Crippen molar-refractivity contribution in [2.75, 3.05) is 13.1 Å². The molecule has 1 saturated carbocycles. The molecule has 1 aliphatic carbocycles. The van der Waals surface area contributed by atoms with Crippen LogP contribution in [0.3, 0.4) is 0 Å². The molecule has 98 valence electrons. The fourth-order valence-electron chi connectivity index (χ4n) is 2.89. The van der Waals surface area contributed by atoms with Gasteiger partial charge in [-0.2, -0.15) is 0 Å². The van der Waals surface area contributed by atoms with Crippen LogP contribution in [0.4, 0.5) is 0 Å². The Morgan fingerprint density at radius 2 is 1.88 bits per heavy atom. The van der Waals surface area contributed by atoms with Gasteiger partial charge >= 0.3 is 0 Å². The maximum Gasteiger partial charge on any atom is 0.220 e. The van der Waals surface area contributed by atoms with Crippen LogP contribution in [0.25, 0.3) is 0 Å². The molecule has 0 aromatic carbocycles. The molecule has 1 saturated heterocycles. The molecule has 0 aromatic heterocycles. The molecular weight excluding hydrogens is 216 g/mol. The van der Waals surface area contributed by atoms with Crippen molar-refractivity contribution in [1.29, 1.82) is 0 Å². The van der Waals surface area contributed by atoms with Gasteiger partial charge in [-0.3, -0.25) is 4.79 Å². The van der Waals surface area contributed by atoms with Crippen molar-refractivity contribution >= 4 is 5.91 Å². The molecule has 4 heteroatoms. The molecule has 1 heterocycles. The standard InChI is InChI=1S/C13H24N2O2/c16-12-4-2-1-3-11(12)15-13(17)9-10-5-7-14-8-6-10/h10-12,14,16H,1-9H2,(H,15,17)/t11-,12-/m0/s1.